The number of ether oxygens (including phenoxy) is 1. The SMILES string of the molecule is CCSC(/C=C/CCOc1cccc(C(F)(F)F)c1)CC. The summed E-state index contributed by atoms with van der Waals surface area (Å²) in [6.45, 7) is 4.64. The van der Waals surface area contributed by atoms with E-state index in [2.05, 4.69) is 19.9 Å². The minimum atomic E-state index is -4.33. The van der Waals surface area contributed by atoms with Crippen LogP contribution in [0.15, 0.2) is 36.4 Å². The van der Waals surface area contributed by atoms with Crippen LogP contribution in [0.3, 0.4) is 0 Å². The minimum Gasteiger partial charge on any atom is -0.493 e. The van der Waals surface area contributed by atoms with Gasteiger partial charge in [0.25, 0.3) is 0 Å². The molecular weight excluding hydrogens is 297 g/mol. The summed E-state index contributed by atoms with van der Waals surface area (Å²) < 4.78 is 43.0. The fourth-order valence-electron chi connectivity index (χ4n) is 1.78. The normalized spacial score (nSPS) is 13.6. The first kappa shape index (κ1) is 18.0. The molecular formula is C16H21F3OS. The van der Waals surface area contributed by atoms with Crippen LogP contribution in [0.1, 0.15) is 32.3 Å². The molecule has 1 rings (SSSR count). The maximum absolute atomic E-state index is 12.5. The van der Waals surface area contributed by atoms with E-state index in [1.165, 1.54) is 6.07 Å². The van der Waals surface area contributed by atoms with Gasteiger partial charge in [-0.2, -0.15) is 24.9 Å². The van der Waals surface area contributed by atoms with Crippen molar-refractivity contribution in [3.63, 3.8) is 0 Å². The maximum Gasteiger partial charge on any atom is 0.416 e. The lowest BCUT2D eigenvalue weighted by molar-refractivity contribution is -0.137. The van der Waals surface area contributed by atoms with E-state index in [4.69, 9.17) is 4.74 Å². The van der Waals surface area contributed by atoms with Gasteiger partial charge >= 0.3 is 6.18 Å². The predicted molar refractivity (Wildman–Crippen MR) is 82.9 cm³/mol. The van der Waals surface area contributed by atoms with Gasteiger partial charge in [0.15, 0.2) is 0 Å². The molecule has 0 spiro atoms. The Bertz CT molecular complexity index is 443. The number of benzene rings is 1. The first-order valence-electron chi connectivity index (χ1n) is 7.05. The van der Waals surface area contributed by atoms with Crippen LogP contribution in [0, 0.1) is 0 Å². The quantitative estimate of drug-likeness (QED) is 0.458. The van der Waals surface area contributed by atoms with Crippen LogP contribution in [0.5, 0.6) is 5.75 Å². The molecule has 0 aromatic heterocycles. The molecule has 0 fully saturated rings. The summed E-state index contributed by atoms with van der Waals surface area (Å²) in [7, 11) is 0. The van der Waals surface area contributed by atoms with Gasteiger partial charge in [0, 0.05) is 5.25 Å². The molecule has 0 amide bonds. The molecule has 118 valence electrons. The van der Waals surface area contributed by atoms with Gasteiger partial charge in [0.1, 0.15) is 5.75 Å². The van der Waals surface area contributed by atoms with Crippen LogP contribution in [0.25, 0.3) is 0 Å². The number of hydrogen-bond acceptors (Lipinski definition) is 2. The average Bonchev–Trinajstić information content (AvgIpc) is 2.45. The van der Waals surface area contributed by atoms with Crippen molar-refractivity contribution in [3.05, 3.63) is 42.0 Å². The van der Waals surface area contributed by atoms with Crippen molar-refractivity contribution in [3.8, 4) is 5.75 Å². The van der Waals surface area contributed by atoms with Crippen LogP contribution < -0.4 is 4.74 Å². The molecule has 1 atom stereocenters. The van der Waals surface area contributed by atoms with Gasteiger partial charge < -0.3 is 4.74 Å². The topological polar surface area (TPSA) is 9.23 Å². The Morgan fingerprint density at radius 3 is 2.67 bits per heavy atom. The van der Waals surface area contributed by atoms with Gasteiger partial charge in [0.05, 0.1) is 12.2 Å². The summed E-state index contributed by atoms with van der Waals surface area (Å²) >= 11 is 1.88. The van der Waals surface area contributed by atoms with Crippen molar-refractivity contribution in [1.82, 2.24) is 0 Å². The molecule has 0 saturated heterocycles. The van der Waals surface area contributed by atoms with E-state index < -0.39 is 11.7 Å². The molecule has 0 aliphatic carbocycles. The van der Waals surface area contributed by atoms with Crippen molar-refractivity contribution in [2.75, 3.05) is 12.4 Å². The van der Waals surface area contributed by atoms with Gasteiger partial charge in [-0.05, 0) is 36.8 Å². The summed E-state index contributed by atoms with van der Waals surface area (Å²) in [5.41, 5.74) is -0.680. The van der Waals surface area contributed by atoms with Gasteiger partial charge in [-0.3, -0.25) is 0 Å². The van der Waals surface area contributed by atoms with Crippen LogP contribution in [-0.4, -0.2) is 17.6 Å². The molecule has 0 bridgehead atoms. The highest BCUT2D eigenvalue weighted by Crippen LogP contribution is 2.31. The second-order valence-corrected chi connectivity index (χ2v) is 6.01. The highest BCUT2D eigenvalue weighted by Gasteiger charge is 2.30. The highest BCUT2D eigenvalue weighted by atomic mass is 32.2. The summed E-state index contributed by atoms with van der Waals surface area (Å²) in [6, 6.07) is 4.98. The van der Waals surface area contributed by atoms with Crippen molar-refractivity contribution in [1.29, 1.82) is 0 Å². The second-order valence-electron chi connectivity index (χ2n) is 4.49. The van der Waals surface area contributed by atoms with Crippen LogP contribution in [0.4, 0.5) is 13.2 Å². The molecule has 1 unspecified atom stereocenters. The zero-order valence-corrected chi connectivity index (χ0v) is 13.1. The third-order valence-corrected chi connectivity index (χ3v) is 4.10. The molecule has 0 radical (unpaired) electrons. The Labute approximate surface area is 128 Å². The first-order chi connectivity index (χ1) is 9.97. The van der Waals surface area contributed by atoms with Crippen molar-refractivity contribution < 1.29 is 17.9 Å². The lowest BCUT2D eigenvalue weighted by atomic mass is 10.2. The molecule has 0 saturated carbocycles. The molecule has 21 heavy (non-hydrogen) atoms. The first-order valence-corrected chi connectivity index (χ1v) is 8.10. The monoisotopic (exact) mass is 318 g/mol. The minimum absolute atomic E-state index is 0.258. The number of thioether (sulfide) groups is 1. The fraction of sp³-hybridized carbons (Fsp3) is 0.500. The van der Waals surface area contributed by atoms with Gasteiger partial charge in [-0.15, -0.1) is 0 Å². The molecule has 1 nitrogen and oxygen atoms in total. The van der Waals surface area contributed by atoms with Gasteiger partial charge in [0.2, 0.25) is 0 Å². The summed E-state index contributed by atoms with van der Waals surface area (Å²) in [5.74, 6) is 1.33. The van der Waals surface area contributed by atoms with E-state index in [9.17, 15) is 13.2 Å². The van der Waals surface area contributed by atoms with E-state index in [1.807, 2.05) is 17.8 Å². The Kier molecular flexibility index (Phi) is 7.72. The Hall–Kier alpha value is -1.10. The summed E-state index contributed by atoms with van der Waals surface area (Å²) in [6.07, 6.45) is 1.61. The Balaban J connectivity index is 2.41. The van der Waals surface area contributed by atoms with E-state index in [1.54, 1.807) is 6.07 Å². The molecule has 5 heteroatoms. The zero-order chi connectivity index (χ0) is 15.7. The molecule has 0 aliphatic rings. The lowest BCUT2D eigenvalue weighted by Crippen LogP contribution is -2.05. The Morgan fingerprint density at radius 2 is 2.05 bits per heavy atom. The third kappa shape index (κ3) is 6.93. The molecule has 1 aromatic carbocycles. The molecule has 1 aromatic rings. The zero-order valence-electron chi connectivity index (χ0n) is 12.3. The maximum atomic E-state index is 12.5. The molecule has 0 N–H and O–H groups in total. The summed E-state index contributed by atoms with van der Waals surface area (Å²) in [5, 5.41) is 0.503. The Morgan fingerprint density at radius 1 is 1.29 bits per heavy atom. The average molecular weight is 318 g/mol. The third-order valence-electron chi connectivity index (χ3n) is 2.85. The van der Waals surface area contributed by atoms with E-state index in [0.717, 1.165) is 24.3 Å². The van der Waals surface area contributed by atoms with E-state index in [-0.39, 0.29) is 5.75 Å². The van der Waals surface area contributed by atoms with Crippen molar-refractivity contribution >= 4 is 11.8 Å². The standard InChI is InChI=1S/C16H21F3OS/c1-3-15(21-4-2)10-5-6-11-20-14-9-7-8-13(12-14)16(17,18)19/h5,7-10,12,15H,3-4,6,11H2,1-2H3/b10-5+. The highest BCUT2D eigenvalue weighted by molar-refractivity contribution is 8.00. The van der Waals surface area contributed by atoms with Crippen LogP contribution in [-0.2, 0) is 6.18 Å². The van der Waals surface area contributed by atoms with Gasteiger partial charge in [-0.1, -0.05) is 32.1 Å². The fourth-order valence-corrected chi connectivity index (χ4v) is 2.66. The van der Waals surface area contributed by atoms with E-state index in [0.29, 0.717) is 18.3 Å². The van der Waals surface area contributed by atoms with Crippen LogP contribution in [0.2, 0.25) is 0 Å². The number of hydrogen-bond donors (Lipinski definition) is 0. The van der Waals surface area contributed by atoms with E-state index >= 15 is 0 Å². The summed E-state index contributed by atoms with van der Waals surface area (Å²) in [4.78, 5) is 0. The number of alkyl halides is 3. The molecule has 0 aliphatic heterocycles. The largest absolute Gasteiger partial charge is 0.493 e. The number of halogens is 3. The van der Waals surface area contributed by atoms with Crippen LogP contribution >= 0.6 is 11.8 Å². The van der Waals surface area contributed by atoms with Gasteiger partial charge in [-0.25, -0.2) is 0 Å². The smallest absolute Gasteiger partial charge is 0.416 e. The number of rotatable bonds is 8. The van der Waals surface area contributed by atoms with Crippen molar-refractivity contribution in [2.24, 2.45) is 0 Å². The molecule has 0 heterocycles. The lowest BCUT2D eigenvalue weighted by Gasteiger charge is -2.10. The predicted octanol–water partition coefficient (Wildman–Crippen LogP) is 5.56. The van der Waals surface area contributed by atoms with Crippen molar-refractivity contribution in [2.45, 2.75) is 38.1 Å². The second kappa shape index (κ2) is 9.03.